The van der Waals surface area contributed by atoms with Gasteiger partial charge in [-0.25, -0.2) is 0 Å². The second-order valence-electron chi connectivity index (χ2n) is 8.91. The second-order valence-corrected chi connectivity index (χ2v) is 9.96. The van der Waals surface area contributed by atoms with Gasteiger partial charge in [0.05, 0.1) is 27.1 Å². The summed E-state index contributed by atoms with van der Waals surface area (Å²) in [6.45, 7) is 0. The van der Waals surface area contributed by atoms with Gasteiger partial charge in [-0.2, -0.15) is 0 Å². The number of rotatable bonds is 12. The maximum absolute atomic E-state index is 13.5. The smallest absolute Gasteiger partial charge is 0.272 e. The lowest BCUT2D eigenvalue weighted by molar-refractivity contribution is -0.113. The fraction of sp³-hybridized carbons (Fsp3) is 0.121. The molecule has 2 N–H and O–H groups in total. The Hall–Kier alpha value is -5.02. The third-order valence-electron chi connectivity index (χ3n) is 6.12. The van der Waals surface area contributed by atoms with Crippen molar-refractivity contribution in [2.75, 3.05) is 32.4 Å². The van der Waals surface area contributed by atoms with Crippen molar-refractivity contribution in [1.82, 2.24) is 5.32 Å². The topological polar surface area (TPSA) is 103 Å². The van der Waals surface area contributed by atoms with E-state index in [-0.39, 0.29) is 17.2 Å². The maximum atomic E-state index is 13.5. The minimum Gasteiger partial charge on any atom is -0.497 e. The first-order chi connectivity index (χ1) is 20.4. The largest absolute Gasteiger partial charge is 0.497 e. The minimum absolute atomic E-state index is 0.00154. The number of carbonyl (C=O) groups excluding carboxylic acids is 3. The third kappa shape index (κ3) is 8.02. The summed E-state index contributed by atoms with van der Waals surface area (Å²) in [4.78, 5) is 40.0. The molecular formula is C33H30N2O6S. The van der Waals surface area contributed by atoms with Gasteiger partial charge in [0.1, 0.15) is 22.9 Å². The molecular weight excluding hydrogens is 552 g/mol. The number of thioether (sulfide) groups is 1. The van der Waals surface area contributed by atoms with E-state index >= 15 is 0 Å². The molecule has 0 atom stereocenters. The van der Waals surface area contributed by atoms with Crippen molar-refractivity contribution in [2.45, 2.75) is 4.90 Å². The van der Waals surface area contributed by atoms with Crippen molar-refractivity contribution >= 4 is 41.1 Å². The van der Waals surface area contributed by atoms with E-state index in [4.69, 9.17) is 14.2 Å². The monoisotopic (exact) mass is 582 g/mol. The van der Waals surface area contributed by atoms with Crippen molar-refractivity contribution in [3.8, 4) is 17.2 Å². The summed E-state index contributed by atoms with van der Waals surface area (Å²) in [5, 5.41) is 5.58. The van der Waals surface area contributed by atoms with Gasteiger partial charge in [-0.15, -0.1) is 11.8 Å². The molecule has 0 saturated carbocycles. The lowest BCUT2D eigenvalue weighted by Crippen LogP contribution is -2.30. The highest BCUT2D eigenvalue weighted by molar-refractivity contribution is 8.00. The summed E-state index contributed by atoms with van der Waals surface area (Å²) >= 11 is 1.35. The van der Waals surface area contributed by atoms with Crippen molar-refractivity contribution in [3.05, 3.63) is 119 Å². The average Bonchev–Trinajstić information content (AvgIpc) is 3.03. The number of hydrogen-bond donors (Lipinski definition) is 2. The number of benzene rings is 4. The van der Waals surface area contributed by atoms with Gasteiger partial charge in [0, 0.05) is 27.3 Å². The van der Waals surface area contributed by atoms with Gasteiger partial charge in [-0.1, -0.05) is 36.4 Å². The quantitative estimate of drug-likeness (QED) is 0.118. The molecule has 0 heterocycles. The molecule has 0 fully saturated rings. The molecule has 4 aromatic carbocycles. The van der Waals surface area contributed by atoms with Crippen molar-refractivity contribution in [1.29, 1.82) is 0 Å². The third-order valence-corrected chi connectivity index (χ3v) is 7.11. The molecule has 0 aromatic heterocycles. The highest BCUT2D eigenvalue weighted by atomic mass is 32.2. The SMILES string of the molecule is COc1cccc(C(=O)CSc2cccc(NC(=O)/C(=C/c3cc(OC)ccc3OC)NC(=O)c3ccccc3)c2)c1. The molecule has 0 radical (unpaired) electrons. The normalized spacial score (nSPS) is 10.9. The molecule has 0 aliphatic rings. The number of ketones is 1. The van der Waals surface area contributed by atoms with Gasteiger partial charge >= 0.3 is 0 Å². The molecule has 9 heteroatoms. The van der Waals surface area contributed by atoms with Crippen LogP contribution in [-0.2, 0) is 4.79 Å². The van der Waals surface area contributed by atoms with Crippen LogP contribution < -0.4 is 24.8 Å². The average molecular weight is 583 g/mol. The van der Waals surface area contributed by atoms with Crippen LogP contribution in [0.4, 0.5) is 5.69 Å². The van der Waals surface area contributed by atoms with E-state index in [1.807, 2.05) is 6.07 Å². The van der Waals surface area contributed by atoms with Crippen LogP contribution in [0.3, 0.4) is 0 Å². The van der Waals surface area contributed by atoms with Crippen LogP contribution in [0.2, 0.25) is 0 Å². The Morgan fingerprint density at radius 2 is 1.45 bits per heavy atom. The zero-order valence-electron chi connectivity index (χ0n) is 23.4. The molecule has 2 amide bonds. The molecule has 0 saturated heterocycles. The lowest BCUT2D eigenvalue weighted by atomic mass is 10.1. The number of nitrogens with one attached hydrogen (secondary N) is 2. The Kier molecular flexibility index (Phi) is 10.4. The Bertz CT molecular complexity index is 1600. The first-order valence-corrected chi connectivity index (χ1v) is 13.9. The molecule has 0 aliphatic carbocycles. The maximum Gasteiger partial charge on any atom is 0.272 e. The number of methoxy groups -OCH3 is 3. The highest BCUT2D eigenvalue weighted by Gasteiger charge is 2.17. The summed E-state index contributed by atoms with van der Waals surface area (Å²) in [7, 11) is 4.61. The van der Waals surface area contributed by atoms with Gasteiger partial charge in [-0.3, -0.25) is 14.4 Å². The molecule has 214 valence electrons. The summed E-state index contributed by atoms with van der Waals surface area (Å²) in [6.07, 6.45) is 1.53. The lowest BCUT2D eigenvalue weighted by Gasteiger charge is -2.13. The van der Waals surface area contributed by atoms with E-state index in [9.17, 15) is 14.4 Å². The van der Waals surface area contributed by atoms with Crippen LogP contribution in [0.5, 0.6) is 17.2 Å². The van der Waals surface area contributed by atoms with E-state index < -0.39 is 11.8 Å². The van der Waals surface area contributed by atoms with Gasteiger partial charge in [0.15, 0.2) is 5.78 Å². The zero-order chi connectivity index (χ0) is 29.9. The van der Waals surface area contributed by atoms with Gasteiger partial charge in [0.2, 0.25) is 0 Å². The number of Topliss-reactive ketones (excluding diaryl/α,β-unsaturated/α-hetero) is 1. The van der Waals surface area contributed by atoms with Crippen LogP contribution >= 0.6 is 11.8 Å². The molecule has 0 aliphatic heterocycles. The fourth-order valence-electron chi connectivity index (χ4n) is 3.94. The fourth-order valence-corrected chi connectivity index (χ4v) is 4.79. The molecule has 0 spiro atoms. The van der Waals surface area contributed by atoms with Crippen molar-refractivity contribution in [3.63, 3.8) is 0 Å². The Labute approximate surface area is 248 Å². The van der Waals surface area contributed by atoms with E-state index in [0.717, 1.165) is 4.90 Å². The van der Waals surface area contributed by atoms with Crippen molar-refractivity contribution in [2.24, 2.45) is 0 Å². The van der Waals surface area contributed by atoms with Gasteiger partial charge in [-0.05, 0) is 66.7 Å². The van der Waals surface area contributed by atoms with E-state index in [0.29, 0.717) is 39.6 Å². The van der Waals surface area contributed by atoms with Crippen molar-refractivity contribution < 1.29 is 28.6 Å². The summed E-state index contributed by atoms with van der Waals surface area (Å²) in [6, 6.07) is 27.9. The zero-order valence-corrected chi connectivity index (χ0v) is 24.2. The number of hydrogen-bond acceptors (Lipinski definition) is 7. The van der Waals surface area contributed by atoms with E-state index in [1.165, 1.54) is 32.1 Å². The molecule has 4 rings (SSSR count). The molecule has 42 heavy (non-hydrogen) atoms. The van der Waals surface area contributed by atoms with E-state index in [1.54, 1.807) is 98.1 Å². The second kappa shape index (κ2) is 14.6. The van der Waals surface area contributed by atoms with Crippen LogP contribution in [-0.4, -0.2) is 44.7 Å². The predicted octanol–water partition coefficient (Wildman–Crippen LogP) is 6.10. The van der Waals surface area contributed by atoms with E-state index in [2.05, 4.69) is 10.6 Å². The van der Waals surface area contributed by atoms with Crippen LogP contribution in [0.1, 0.15) is 26.3 Å². The number of amides is 2. The minimum atomic E-state index is -0.543. The standard InChI is InChI=1S/C33H30N2O6S/c1-39-26-13-7-11-23(17-26)30(36)21-42-28-14-8-12-25(20-28)34-33(38)29(35-32(37)22-9-5-4-6-10-22)19-24-18-27(40-2)15-16-31(24)41-3/h4-20H,21H2,1-3H3,(H,34,38)(H,35,37)/b29-19-. The Morgan fingerprint density at radius 1 is 0.738 bits per heavy atom. The number of anilines is 1. The highest BCUT2D eigenvalue weighted by Crippen LogP contribution is 2.27. The number of carbonyl (C=O) groups is 3. The molecule has 0 unspecified atom stereocenters. The Balaban J connectivity index is 1.54. The summed E-state index contributed by atoms with van der Waals surface area (Å²) in [5.41, 5.74) is 1.99. The van der Waals surface area contributed by atoms with Crippen LogP contribution in [0.25, 0.3) is 6.08 Å². The summed E-state index contributed by atoms with van der Waals surface area (Å²) < 4.78 is 16.0. The predicted molar refractivity (Wildman–Crippen MR) is 165 cm³/mol. The number of ether oxygens (including phenoxy) is 3. The first-order valence-electron chi connectivity index (χ1n) is 12.9. The molecule has 8 nitrogen and oxygen atoms in total. The van der Waals surface area contributed by atoms with Gasteiger partial charge < -0.3 is 24.8 Å². The van der Waals surface area contributed by atoms with Crippen LogP contribution in [0, 0.1) is 0 Å². The Morgan fingerprint density at radius 3 is 2.19 bits per heavy atom. The summed E-state index contributed by atoms with van der Waals surface area (Å²) in [5.74, 6) is 0.842. The van der Waals surface area contributed by atoms with Crippen LogP contribution in [0.15, 0.2) is 108 Å². The first kappa shape index (κ1) is 30.0. The molecule has 4 aromatic rings. The van der Waals surface area contributed by atoms with Gasteiger partial charge in [0.25, 0.3) is 11.8 Å². The molecule has 0 bridgehead atoms.